The smallest absolute Gasteiger partial charge is 0.252 e. The predicted molar refractivity (Wildman–Crippen MR) is 384 cm³/mol. The number of hydrogen-bond donors (Lipinski definition) is 0. The van der Waals surface area contributed by atoms with Crippen LogP contribution in [0.2, 0.25) is 0 Å². The quantitative estimate of drug-likeness (QED) is 0.126. The fraction of sp³-hybridized carbons (Fsp3) is 0.0488. The summed E-state index contributed by atoms with van der Waals surface area (Å²) in [5.41, 5.74) is 28.2. The molecule has 0 amide bonds. The van der Waals surface area contributed by atoms with Gasteiger partial charge in [-0.25, -0.2) is 0 Å². The van der Waals surface area contributed by atoms with Crippen LogP contribution in [0.5, 0.6) is 0 Å². The van der Waals surface area contributed by atoms with E-state index in [0.29, 0.717) is 0 Å². The van der Waals surface area contributed by atoms with Gasteiger partial charge in [0.15, 0.2) is 0 Å². The molecule has 0 saturated carbocycles. The van der Waals surface area contributed by atoms with Crippen LogP contribution in [0.4, 0.5) is 85.3 Å². The summed E-state index contributed by atoms with van der Waals surface area (Å²) in [5, 5.41) is 0. The van der Waals surface area contributed by atoms with Crippen LogP contribution in [0, 0.1) is 0 Å². The maximum atomic E-state index is 2.63. The molecule has 426 valence electrons. The maximum Gasteiger partial charge on any atom is 0.252 e. The lowest BCUT2D eigenvalue weighted by Gasteiger charge is -2.47. The largest absolute Gasteiger partial charge is 0.311 e. The second-order valence-electron chi connectivity index (χ2n) is 24.8. The van der Waals surface area contributed by atoms with Gasteiger partial charge in [0.25, 0.3) is 6.71 Å². The molecule has 0 aromatic heterocycles. The highest BCUT2D eigenvalue weighted by molar-refractivity contribution is 8.00. The molecule has 4 heterocycles. The SMILES string of the molecule is CC(C)(C)c1ccc(-c2ccccc2N(c2ccccc2)c2cc3c4c(c2)N(c2ccccc2)c2cc5c(cc2B4c2ccccc2S3)B2c3ccccc3N(c3ccccc3)c3cc(N(c4ccccc4)c4ccccc4)cc(c32)N5c2ccccc2)cc1. The summed E-state index contributed by atoms with van der Waals surface area (Å²) in [6.45, 7) is 6.64. The fourth-order valence-corrected chi connectivity index (χ4v) is 15.8. The highest BCUT2D eigenvalue weighted by atomic mass is 32.2. The van der Waals surface area contributed by atoms with Gasteiger partial charge in [0.05, 0.1) is 11.4 Å². The molecule has 5 nitrogen and oxygen atoms in total. The highest BCUT2D eigenvalue weighted by Gasteiger charge is 2.48. The van der Waals surface area contributed by atoms with Crippen LogP contribution in [0.3, 0.4) is 0 Å². The first-order valence-corrected chi connectivity index (χ1v) is 32.0. The summed E-state index contributed by atoms with van der Waals surface area (Å²) in [6.07, 6.45) is 0. The van der Waals surface area contributed by atoms with E-state index in [0.717, 1.165) is 79.6 Å². The van der Waals surface area contributed by atoms with Crippen LogP contribution in [0.25, 0.3) is 11.1 Å². The molecular formula is C82H61B2N5S. The Bertz CT molecular complexity index is 4830. The minimum atomic E-state index is -0.131. The normalized spacial score (nSPS) is 13.1. The molecule has 0 unspecified atom stereocenters. The van der Waals surface area contributed by atoms with E-state index in [1.54, 1.807) is 0 Å². The van der Waals surface area contributed by atoms with E-state index in [2.05, 4.69) is 361 Å². The van der Waals surface area contributed by atoms with Gasteiger partial charge in [0.2, 0.25) is 6.71 Å². The molecule has 13 aromatic rings. The summed E-state index contributed by atoms with van der Waals surface area (Å²) in [5.74, 6) is 0. The Morgan fingerprint density at radius 3 is 1.27 bits per heavy atom. The average molecular weight is 1170 g/mol. The van der Waals surface area contributed by atoms with Crippen molar-refractivity contribution in [2.45, 2.75) is 36.0 Å². The third-order valence-electron chi connectivity index (χ3n) is 18.6. The van der Waals surface area contributed by atoms with E-state index in [4.69, 9.17) is 0 Å². The third-order valence-corrected chi connectivity index (χ3v) is 19.7. The third kappa shape index (κ3) is 8.80. The Hall–Kier alpha value is -10.7. The summed E-state index contributed by atoms with van der Waals surface area (Å²) >= 11 is 1.90. The molecular weight excluding hydrogens is 1110 g/mol. The van der Waals surface area contributed by atoms with Gasteiger partial charge in [-0.2, -0.15) is 0 Å². The molecule has 4 aliphatic heterocycles. The zero-order chi connectivity index (χ0) is 60.0. The first kappa shape index (κ1) is 53.6. The van der Waals surface area contributed by atoms with Gasteiger partial charge in [0, 0.05) is 89.3 Å². The van der Waals surface area contributed by atoms with Crippen LogP contribution < -0.4 is 57.3 Å². The van der Waals surface area contributed by atoms with E-state index in [-0.39, 0.29) is 18.8 Å². The van der Waals surface area contributed by atoms with Crippen molar-refractivity contribution in [1.29, 1.82) is 0 Å². The van der Waals surface area contributed by atoms with Crippen molar-refractivity contribution in [2.24, 2.45) is 0 Å². The molecule has 90 heavy (non-hydrogen) atoms. The topological polar surface area (TPSA) is 16.2 Å². The van der Waals surface area contributed by atoms with Crippen molar-refractivity contribution in [3.8, 4) is 11.1 Å². The minimum absolute atomic E-state index is 0.0333. The summed E-state index contributed by atoms with van der Waals surface area (Å²) in [4.78, 5) is 15.1. The van der Waals surface area contributed by atoms with Gasteiger partial charge in [-0.3, -0.25) is 0 Å². The zero-order valence-electron chi connectivity index (χ0n) is 50.3. The molecule has 0 saturated heterocycles. The number of benzene rings is 13. The predicted octanol–water partition coefficient (Wildman–Crippen LogP) is 18.4. The molecule has 0 N–H and O–H groups in total. The molecule has 0 atom stereocenters. The van der Waals surface area contributed by atoms with Crippen molar-refractivity contribution in [3.05, 3.63) is 321 Å². The molecule has 8 heteroatoms. The molecule has 13 aromatic carbocycles. The van der Waals surface area contributed by atoms with Crippen LogP contribution in [0.15, 0.2) is 325 Å². The molecule has 0 bridgehead atoms. The maximum absolute atomic E-state index is 2.63. The van der Waals surface area contributed by atoms with E-state index in [1.807, 2.05) is 11.8 Å². The Morgan fingerprint density at radius 1 is 0.300 bits per heavy atom. The van der Waals surface area contributed by atoms with Crippen molar-refractivity contribution >= 4 is 143 Å². The number of anilines is 15. The summed E-state index contributed by atoms with van der Waals surface area (Å²) in [7, 11) is 0. The highest BCUT2D eigenvalue weighted by Crippen LogP contribution is 2.52. The molecule has 0 radical (unpaired) electrons. The van der Waals surface area contributed by atoms with Crippen molar-refractivity contribution in [2.75, 3.05) is 24.5 Å². The van der Waals surface area contributed by atoms with E-state index in [9.17, 15) is 0 Å². The standard InChI is InChI=1S/C82H61B2N5S/c1-82(2,3)57-48-46-56(47-49-57)66-40-22-25-43-71(66)86(60-32-14-6-15-33-60)65-52-77-81-79(53-65)90-78-45-27-24-42-68(78)84(81)70-54-69-73(55-74(70)89(77)63-38-20-9-21-39-63)88(62-36-18-8-19-37-62)76-51-64(85(58-28-10-4-11-29-58)59-30-12-5-13-31-59)50-75-80(76)83(69)67-41-23-26-44-72(67)87(75)61-34-16-7-17-35-61/h4-55H,1-3H3. The lowest BCUT2D eigenvalue weighted by Crippen LogP contribution is -2.64. The number of rotatable bonds is 10. The first-order valence-electron chi connectivity index (χ1n) is 31.2. The molecule has 0 aliphatic carbocycles. The fourth-order valence-electron chi connectivity index (χ4n) is 14.6. The lowest BCUT2D eigenvalue weighted by molar-refractivity contribution is 0.590. The first-order chi connectivity index (χ1) is 44.3. The molecule has 0 spiro atoms. The van der Waals surface area contributed by atoms with Gasteiger partial charge >= 0.3 is 0 Å². The van der Waals surface area contributed by atoms with E-state index < -0.39 is 0 Å². The van der Waals surface area contributed by atoms with Crippen LogP contribution in [-0.4, -0.2) is 13.4 Å². The second-order valence-corrected chi connectivity index (χ2v) is 25.9. The van der Waals surface area contributed by atoms with Crippen molar-refractivity contribution in [1.82, 2.24) is 0 Å². The van der Waals surface area contributed by atoms with Gasteiger partial charge in [-0.15, -0.1) is 0 Å². The Kier molecular flexibility index (Phi) is 12.8. The van der Waals surface area contributed by atoms with Gasteiger partial charge in [-0.1, -0.05) is 232 Å². The van der Waals surface area contributed by atoms with Gasteiger partial charge in [-0.05, 0) is 165 Å². The Labute approximate surface area is 532 Å². The molecule has 17 rings (SSSR count). The monoisotopic (exact) mass is 1170 g/mol. The van der Waals surface area contributed by atoms with E-state index >= 15 is 0 Å². The van der Waals surface area contributed by atoms with Gasteiger partial charge in [0.1, 0.15) is 0 Å². The average Bonchev–Trinajstić information content (AvgIpc) is 0.697. The van der Waals surface area contributed by atoms with Crippen LogP contribution in [-0.2, 0) is 5.41 Å². The number of hydrogen-bond acceptors (Lipinski definition) is 6. The zero-order valence-corrected chi connectivity index (χ0v) is 51.1. The number of nitrogens with zero attached hydrogens (tertiary/aromatic N) is 5. The van der Waals surface area contributed by atoms with Crippen molar-refractivity contribution in [3.63, 3.8) is 0 Å². The van der Waals surface area contributed by atoms with Gasteiger partial charge < -0.3 is 24.5 Å². The summed E-state index contributed by atoms with van der Waals surface area (Å²) < 4.78 is 0. The summed E-state index contributed by atoms with van der Waals surface area (Å²) in [6, 6.07) is 117. The lowest BCUT2D eigenvalue weighted by atomic mass is 9.30. The molecule has 4 aliphatic rings. The minimum Gasteiger partial charge on any atom is -0.311 e. The number of fused-ring (bicyclic) bond motifs is 8. The van der Waals surface area contributed by atoms with Crippen molar-refractivity contribution < 1.29 is 0 Å². The Morgan fingerprint density at radius 2 is 0.722 bits per heavy atom. The van der Waals surface area contributed by atoms with Crippen LogP contribution >= 0.6 is 11.8 Å². The van der Waals surface area contributed by atoms with Crippen LogP contribution in [0.1, 0.15) is 26.3 Å². The number of para-hydroxylation sites is 8. The van der Waals surface area contributed by atoms with E-state index in [1.165, 1.54) is 64.9 Å². The Balaban J connectivity index is 0.950. The molecule has 0 fully saturated rings. The second kappa shape index (κ2) is 21.6.